The molecule has 0 spiro atoms. The summed E-state index contributed by atoms with van der Waals surface area (Å²) in [4.78, 5) is 4.04. The first-order valence-electron chi connectivity index (χ1n) is 5.99. The molecule has 1 aromatic heterocycles. The van der Waals surface area contributed by atoms with Gasteiger partial charge in [-0.1, -0.05) is 27.7 Å². The highest BCUT2D eigenvalue weighted by atomic mass is 32.1. The maximum absolute atomic E-state index is 12.8. The molecule has 0 amide bonds. The van der Waals surface area contributed by atoms with Gasteiger partial charge in [-0.25, -0.2) is 4.98 Å². The van der Waals surface area contributed by atoms with E-state index in [2.05, 4.69) is 10.3 Å². The monoisotopic (exact) mass is 280 g/mol. The van der Waals surface area contributed by atoms with Crippen molar-refractivity contribution in [3.8, 4) is 0 Å². The number of halogens is 3. The third-order valence-electron chi connectivity index (χ3n) is 2.26. The normalized spacial score (nSPS) is 12.7. The highest BCUT2D eigenvalue weighted by Gasteiger charge is 2.37. The second-order valence-corrected chi connectivity index (χ2v) is 6.18. The highest BCUT2D eigenvalue weighted by Crippen LogP contribution is 2.35. The molecule has 0 aromatic carbocycles. The number of hydrogen-bond donors (Lipinski definition) is 1. The van der Waals surface area contributed by atoms with Gasteiger partial charge in [-0.05, 0) is 5.92 Å². The minimum Gasteiger partial charge on any atom is -0.310 e. The topological polar surface area (TPSA) is 24.9 Å². The molecule has 0 saturated carbocycles. The highest BCUT2D eigenvalue weighted by molar-refractivity contribution is 7.11. The molecule has 1 heterocycles. The van der Waals surface area contributed by atoms with E-state index >= 15 is 0 Å². The van der Waals surface area contributed by atoms with Crippen LogP contribution in [0, 0.1) is 5.92 Å². The number of thiazole rings is 1. The van der Waals surface area contributed by atoms with Crippen LogP contribution in [0.3, 0.4) is 0 Å². The Labute approximate surface area is 110 Å². The van der Waals surface area contributed by atoms with Gasteiger partial charge in [0.05, 0.1) is 9.88 Å². The van der Waals surface area contributed by atoms with Gasteiger partial charge < -0.3 is 5.32 Å². The van der Waals surface area contributed by atoms with Gasteiger partial charge in [-0.3, -0.25) is 0 Å². The predicted molar refractivity (Wildman–Crippen MR) is 67.6 cm³/mol. The van der Waals surface area contributed by atoms with E-state index in [1.54, 1.807) is 0 Å². The second-order valence-electron chi connectivity index (χ2n) is 5.01. The van der Waals surface area contributed by atoms with Gasteiger partial charge in [0, 0.05) is 19.0 Å². The Hall–Kier alpha value is -0.620. The third-order valence-corrected chi connectivity index (χ3v) is 3.34. The lowest BCUT2D eigenvalue weighted by molar-refractivity contribution is -0.141. The number of nitrogens with zero attached hydrogens (tertiary/aromatic N) is 1. The quantitative estimate of drug-likeness (QED) is 0.886. The van der Waals surface area contributed by atoms with Crippen LogP contribution >= 0.6 is 11.3 Å². The molecule has 0 atom stereocenters. The van der Waals surface area contributed by atoms with Crippen LogP contribution in [-0.2, 0) is 19.1 Å². The van der Waals surface area contributed by atoms with E-state index in [4.69, 9.17) is 0 Å². The average molecular weight is 280 g/mol. The first-order chi connectivity index (χ1) is 8.20. The van der Waals surface area contributed by atoms with E-state index in [1.807, 2.05) is 27.7 Å². The van der Waals surface area contributed by atoms with Crippen molar-refractivity contribution < 1.29 is 13.2 Å². The molecule has 0 fully saturated rings. The van der Waals surface area contributed by atoms with Crippen molar-refractivity contribution >= 4 is 11.3 Å². The van der Waals surface area contributed by atoms with E-state index in [0.29, 0.717) is 17.3 Å². The molecule has 1 aromatic rings. The Morgan fingerprint density at radius 3 is 2.28 bits per heavy atom. The van der Waals surface area contributed by atoms with Crippen LogP contribution in [0.1, 0.15) is 43.3 Å². The third kappa shape index (κ3) is 4.57. The van der Waals surface area contributed by atoms with Crippen molar-refractivity contribution in [3.05, 3.63) is 15.6 Å². The summed E-state index contributed by atoms with van der Waals surface area (Å²) in [5, 5.41) is 3.58. The van der Waals surface area contributed by atoms with E-state index in [1.165, 1.54) is 0 Å². The lowest BCUT2D eigenvalue weighted by atomic mass is 10.1. The summed E-state index contributed by atoms with van der Waals surface area (Å²) < 4.78 is 38.5. The molecule has 0 saturated heterocycles. The van der Waals surface area contributed by atoms with Gasteiger partial charge in [0.1, 0.15) is 0 Å². The fraction of sp³-hybridized carbons (Fsp3) is 0.750. The molecule has 0 unspecified atom stereocenters. The van der Waals surface area contributed by atoms with E-state index in [-0.39, 0.29) is 17.5 Å². The minimum atomic E-state index is -4.36. The summed E-state index contributed by atoms with van der Waals surface area (Å²) in [6, 6.07) is 0.154. The Kier molecular flexibility index (Phi) is 5.16. The van der Waals surface area contributed by atoms with Crippen LogP contribution in [0.25, 0.3) is 0 Å². The molecular formula is C12H19F3N2S. The maximum Gasteiger partial charge on any atom is 0.434 e. The molecule has 0 aliphatic heterocycles. The molecule has 0 radical (unpaired) electrons. The van der Waals surface area contributed by atoms with Crippen molar-refractivity contribution in [1.82, 2.24) is 10.3 Å². The number of aromatic nitrogens is 1. The fourth-order valence-corrected chi connectivity index (χ4v) is 2.73. The van der Waals surface area contributed by atoms with Crippen molar-refractivity contribution in [2.75, 3.05) is 0 Å². The molecule has 1 N–H and O–H groups in total. The Morgan fingerprint density at radius 1 is 1.22 bits per heavy atom. The SMILES string of the molecule is CC(C)Cc1nc(C(F)(F)F)c(CNC(C)C)s1. The molecule has 0 aliphatic rings. The van der Waals surface area contributed by atoms with Gasteiger partial charge in [-0.2, -0.15) is 13.2 Å². The summed E-state index contributed by atoms with van der Waals surface area (Å²) in [5.41, 5.74) is -0.726. The molecule has 1 rings (SSSR count). The van der Waals surface area contributed by atoms with Crippen LogP contribution in [0.5, 0.6) is 0 Å². The number of hydrogen-bond acceptors (Lipinski definition) is 3. The van der Waals surface area contributed by atoms with Crippen LogP contribution in [0.4, 0.5) is 13.2 Å². The van der Waals surface area contributed by atoms with Crippen molar-refractivity contribution in [1.29, 1.82) is 0 Å². The number of rotatable bonds is 5. The molecule has 0 bridgehead atoms. The maximum atomic E-state index is 12.8. The number of alkyl halides is 3. The van der Waals surface area contributed by atoms with Crippen LogP contribution in [0.15, 0.2) is 0 Å². The summed E-state index contributed by atoms with van der Waals surface area (Å²) in [6.45, 7) is 7.98. The van der Waals surface area contributed by atoms with Crippen LogP contribution in [-0.4, -0.2) is 11.0 Å². The van der Waals surface area contributed by atoms with Crippen molar-refractivity contribution in [2.45, 2.75) is 52.9 Å². The summed E-state index contributed by atoms with van der Waals surface area (Å²) >= 11 is 1.16. The first-order valence-corrected chi connectivity index (χ1v) is 6.81. The molecular weight excluding hydrogens is 261 g/mol. The van der Waals surface area contributed by atoms with E-state index < -0.39 is 11.9 Å². The largest absolute Gasteiger partial charge is 0.434 e. The lowest BCUT2D eigenvalue weighted by Crippen LogP contribution is -2.23. The number of nitrogens with one attached hydrogen (secondary N) is 1. The second kappa shape index (κ2) is 6.02. The zero-order valence-corrected chi connectivity index (χ0v) is 11.9. The van der Waals surface area contributed by atoms with Gasteiger partial charge in [0.15, 0.2) is 5.69 Å². The van der Waals surface area contributed by atoms with E-state index in [9.17, 15) is 13.2 Å². The zero-order chi connectivity index (χ0) is 13.9. The molecule has 2 nitrogen and oxygen atoms in total. The van der Waals surface area contributed by atoms with Crippen molar-refractivity contribution in [3.63, 3.8) is 0 Å². The molecule has 104 valence electrons. The van der Waals surface area contributed by atoms with Gasteiger partial charge in [-0.15, -0.1) is 11.3 Å². The lowest BCUT2D eigenvalue weighted by Gasteiger charge is -2.09. The van der Waals surface area contributed by atoms with E-state index in [0.717, 1.165) is 11.3 Å². The van der Waals surface area contributed by atoms with Crippen LogP contribution in [0.2, 0.25) is 0 Å². The van der Waals surface area contributed by atoms with Gasteiger partial charge >= 0.3 is 6.18 Å². The summed E-state index contributed by atoms with van der Waals surface area (Å²) in [6.07, 6.45) is -3.77. The molecule has 0 aliphatic carbocycles. The van der Waals surface area contributed by atoms with Crippen LogP contribution < -0.4 is 5.32 Å². The zero-order valence-electron chi connectivity index (χ0n) is 11.1. The fourth-order valence-electron chi connectivity index (χ4n) is 1.48. The Morgan fingerprint density at radius 2 is 1.83 bits per heavy atom. The Balaban J connectivity index is 2.94. The average Bonchev–Trinajstić information content (AvgIpc) is 2.56. The standard InChI is InChI=1S/C12H19F3N2S/c1-7(2)5-10-17-11(12(13,14)15)9(18-10)6-16-8(3)4/h7-8,16H,5-6H2,1-4H3. The first kappa shape index (κ1) is 15.4. The van der Waals surface area contributed by atoms with Gasteiger partial charge in [0.25, 0.3) is 0 Å². The predicted octanol–water partition coefficient (Wildman–Crippen LogP) is 3.86. The summed E-state index contributed by atoms with van der Waals surface area (Å²) in [5.74, 6) is 0.308. The smallest absolute Gasteiger partial charge is 0.310 e. The minimum absolute atomic E-state index is 0.154. The van der Waals surface area contributed by atoms with Gasteiger partial charge in [0.2, 0.25) is 0 Å². The molecule has 18 heavy (non-hydrogen) atoms. The molecule has 6 heteroatoms. The summed E-state index contributed by atoms with van der Waals surface area (Å²) in [7, 11) is 0. The Bertz CT molecular complexity index is 383. The van der Waals surface area contributed by atoms with Crippen molar-refractivity contribution in [2.24, 2.45) is 5.92 Å².